The lowest BCUT2D eigenvalue weighted by atomic mass is 9.49. The van der Waals surface area contributed by atoms with Crippen molar-refractivity contribution in [1.29, 1.82) is 0 Å². The normalized spacial score (nSPS) is 48.7. The topological polar surface area (TPSA) is 37.3 Å². The monoisotopic (exact) mass is 414 g/mol. The van der Waals surface area contributed by atoms with Gasteiger partial charge in [-0.1, -0.05) is 18.8 Å². The third-order valence-corrected chi connectivity index (χ3v) is 10.3. The molecular formula is C26H38O2S. The van der Waals surface area contributed by atoms with Gasteiger partial charge in [-0.05, 0) is 112 Å². The number of carbonyl (C=O) groups is 1. The maximum atomic E-state index is 12.8. The Morgan fingerprint density at radius 1 is 1.00 bits per heavy atom. The van der Waals surface area contributed by atoms with Gasteiger partial charge in [-0.15, -0.1) is 0 Å². The number of fused-ring (bicyclic) bond motifs is 5. The predicted octanol–water partition coefficient (Wildman–Crippen LogP) is 5.33. The van der Waals surface area contributed by atoms with E-state index < -0.39 is 5.60 Å². The average Bonchev–Trinajstić information content (AvgIpc) is 3.46. The molecule has 29 heavy (non-hydrogen) atoms. The molecule has 0 aromatic rings. The van der Waals surface area contributed by atoms with E-state index in [4.69, 9.17) is 0 Å². The number of hydrogen-bond donors (Lipinski definition) is 1. The van der Waals surface area contributed by atoms with Crippen molar-refractivity contribution in [3.8, 4) is 11.8 Å². The minimum atomic E-state index is -0.706. The number of aliphatic hydroxyl groups is 1. The first kappa shape index (κ1) is 20.4. The van der Waals surface area contributed by atoms with Crippen molar-refractivity contribution in [1.82, 2.24) is 0 Å². The van der Waals surface area contributed by atoms with Crippen LogP contribution in [0.3, 0.4) is 0 Å². The van der Waals surface area contributed by atoms with E-state index in [0.29, 0.717) is 29.3 Å². The molecule has 0 aromatic heterocycles. The van der Waals surface area contributed by atoms with Crippen LogP contribution >= 0.6 is 11.8 Å². The van der Waals surface area contributed by atoms with Crippen LogP contribution in [-0.2, 0) is 4.79 Å². The molecular weight excluding hydrogens is 376 g/mol. The van der Waals surface area contributed by atoms with Crippen LogP contribution in [-0.4, -0.2) is 28.5 Å². The van der Waals surface area contributed by atoms with Gasteiger partial charge in [0.2, 0.25) is 0 Å². The molecule has 0 unspecified atom stereocenters. The van der Waals surface area contributed by atoms with Crippen molar-refractivity contribution >= 4 is 17.5 Å². The molecule has 1 N–H and O–H groups in total. The van der Waals surface area contributed by atoms with Gasteiger partial charge in [0.15, 0.2) is 0 Å². The second kappa shape index (κ2) is 7.59. The van der Waals surface area contributed by atoms with Crippen LogP contribution in [0.4, 0.5) is 0 Å². The highest BCUT2D eigenvalue weighted by molar-refractivity contribution is 7.99. The molecule has 0 saturated heterocycles. The molecule has 0 aromatic carbocycles. The van der Waals surface area contributed by atoms with Crippen LogP contribution < -0.4 is 0 Å². The molecule has 5 aliphatic rings. The number of rotatable bonds is 3. The van der Waals surface area contributed by atoms with E-state index in [-0.39, 0.29) is 5.41 Å². The fourth-order valence-electron chi connectivity index (χ4n) is 8.23. The van der Waals surface area contributed by atoms with E-state index >= 15 is 0 Å². The molecule has 5 fully saturated rings. The van der Waals surface area contributed by atoms with Gasteiger partial charge < -0.3 is 5.11 Å². The fraction of sp³-hybridized carbons (Fsp3) is 0.885. The Labute approximate surface area is 181 Å². The quantitative estimate of drug-likeness (QED) is 0.634. The summed E-state index contributed by atoms with van der Waals surface area (Å²) in [5.74, 6) is 12.6. The van der Waals surface area contributed by atoms with Crippen molar-refractivity contribution in [2.45, 2.75) is 83.2 Å². The zero-order chi connectivity index (χ0) is 20.2. The number of ketones is 1. The standard InChI is InChI=1S/C26H38O2S/c1-25-12-10-20-19-11-14-26(28,13-9-17-3-4-17)15-18(19)5-6-21(20)22(25)7-8-23(25)24(27)16-29-2/h17-23,28H,3-8,10-12,14-16H2,1-2H3/t18-,19+,20-,21-,22+,23-,25+,26-/m1/s1. The Morgan fingerprint density at radius 3 is 2.55 bits per heavy atom. The summed E-state index contributed by atoms with van der Waals surface area (Å²) in [6.45, 7) is 2.46. The minimum Gasteiger partial charge on any atom is -0.378 e. The molecule has 0 bridgehead atoms. The van der Waals surface area contributed by atoms with Gasteiger partial charge in [0.1, 0.15) is 11.4 Å². The molecule has 160 valence electrons. The molecule has 0 aliphatic heterocycles. The molecule has 0 radical (unpaired) electrons. The Bertz CT molecular complexity index is 718. The Morgan fingerprint density at radius 2 is 1.79 bits per heavy atom. The highest BCUT2D eigenvalue weighted by Gasteiger charge is 2.58. The first-order valence-corrected chi connectivity index (χ1v) is 13.6. The van der Waals surface area contributed by atoms with Gasteiger partial charge in [0, 0.05) is 11.8 Å². The van der Waals surface area contributed by atoms with Crippen LogP contribution in [0.15, 0.2) is 0 Å². The van der Waals surface area contributed by atoms with Gasteiger partial charge in [0.25, 0.3) is 0 Å². The summed E-state index contributed by atoms with van der Waals surface area (Å²) >= 11 is 1.70. The van der Waals surface area contributed by atoms with Crippen LogP contribution in [0.5, 0.6) is 0 Å². The second-order valence-corrected chi connectivity index (χ2v) is 12.2. The molecule has 2 nitrogen and oxygen atoms in total. The fourth-order valence-corrected chi connectivity index (χ4v) is 8.71. The van der Waals surface area contributed by atoms with Gasteiger partial charge in [-0.25, -0.2) is 0 Å². The summed E-state index contributed by atoms with van der Waals surface area (Å²) in [6.07, 6.45) is 15.1. The largest absolute Gasteiger partial charge is 0.378 e. The van der Waals surface area contributed by atoms with Gasteiger partial charge in [-0.2, -0.15) is 11.8 Å². The van der Waals surface area contributed by atoms with Crippen LogP contribution in [0, 0.1) is 58.7 Å². The highest BCUT2D eigenvalue weighted by atomic mass is 32.2. The number of thioether (sulfide) groups is 1. The maximum Gasteiger partial charge on any atom is 0.146 e. The zero-order valence-electron chi connectivity index (χ0n) is 18.3. The molecule has 0 heterocycles. The molecule has 8 atom stereocenters. The molecule has 5 rings (SSSR count). The van der Waals surface area contributed by atoms with E-state index in [1.165, 1.54) is 51.4 Å². The summed E-state index contributed by atoms with van der Waals surface area (Å²) in [6, 6.07) is 0. The molecule has 5 aliphatic carbocycles. The Hall–Kier alpha value is -0.460. The lowest BCUT2D eigenvalue weighted by molar-refractivity contribution is -0.129. The van der Waals surface area contributed by atoms with Crippen molar-refractivity contribution in [2.24, 2.45) is 46.8 Å². The van der Waals surface area contributed by atoms with Gasteiger partial charge >= 0.3 is 0 Å². The lowest BCUT2D eigenvalue weighted by Gasteiger charge is -2.56. The van der Waals surface area contributed by atoms with Gasteiger partial charge in [0.05, 0.1) is 5.75 Å². The molecule has 5 saturated carbocycles. The predicted molar refractivity (Wildman–Crippen MR) is 119 cm³/mol. The smallest absolute Gasteiger partial charge is 0.146 e. The summed E-state index contributed by atoms with van der Waals surface area (Å²) in [5, 5.41) is 11.1. The van der Waals surface area contributed by atoms with E-state index in [1.807, 2.05) is 0 Å². The molecule has 0 spiro atoms. The first-order valence-electron chi connectivity index (χ1n) is 12.2. The van der Waals surface area contributed by atoms with Gasteiger partial charge in [-0.3, -0.25) is 4.79 Å². The third kappa shape index (κ3) is 3.61. The van der Waals surface area contributed by atoms with Crippen molar-refractivity contribution in [3.63, 3.8) is 0 Å². The average molecular weight is 415 g/mol. The van der Waals surface area contributed by atoms with Crippen LogP contribution in [0.1, 0.15) is 77.6 Å². The van der Waals surface area contributed by atoms with E-state index in [9.17, 15) is 9.90 Å². The summed E-state index contributed by atoms with van der Waals surface area (Å²) in [7, 11) is 0. The van der Waals surface area contributed by atoms with E-state index in [2.05, 4.69) is 25.0 Å². The number of Topliss-reactive ketones (excluding diaryl/α,β-unsaturated/α-hetero) is 1. The third-order valence-electron chi connectivity index (χ3n) is 9.77. The Balaban J connectivity index is 1.29. The number of hydrogen-bond acceptors (Lipinski definition) is 3. The first-order chi connectivity index (χ1) is 13.9. The zero-order valence-corrected chi connectivity index (χ0v) is 19.1. The molecule has 3 heteroatoms. The van der Waals surface area contributed by atoms with Crippen molar-refractivity contribution < 1.29 is 9.90 Å². The van der Waals surface area contributed by atoms with Crippen molar-refractivity contribution in [2.75, 3.05) is 12.0 Å². The Kier molecular flexibility index (Phi) is 5.35. The van der Waals surface area contributed by atoms with E-state index in [0.717, 1.165) is 42.9 Å². The molecule has 0 amide bonds. The van der Waals surface area contributed by atoms with Crippen LogP contribution in [0.25, 0.3) is 0 Å². The van der Waals surface area contributed by atoms with E-state index in [1.54, 1.807) is 11.8 Å². The highest BCUT2D eigenvalue weighted by Crippen LogP contribution is 2.64. The van der Waals surface area contributed by atoms with Crippen LogP contribution in [0.2, 0.25) is 0 Å². The maximum absolute atomic E-state index is 12.8. The second-order valence-electron chi connectivity index (χ2n) is 11.3. The summed E-state index contributed by atoms with van der Waals surface area (Å²) in [5.41, 5.74) is -0.450. The lowest BCUT2D eigenvalue weighted by Crippen LogP contribution is -2.51. The minimum absolute atomic E-state index is 0.256. The summed E-state index contributed by atoms with van der Waals surface area (Å²) in [4.78, 5) is 12.8. The summed E-state index contributed by atoms with van der Waals surface area (Å²) < 4.78 is 0. The SMILES string of the molecule is CSCC(=O)[C@H]1CC[C@H]2[C@@H]3CC[C@@H]4C[C@@](O)(C#CC5CC5)CC[C@@H]4[C@H]3CC[C@]12C. The van der Waals surface area contributed by atoms with Crippen molar-refractivity contribution in [3.05, 3.63) is 0 Å². The number of carbonyl (C=O) groups excluding carboxylic acids is 1.